The lowest BCUT2D eigenvalue weighted by molar-refractivity contribution is -0.137. The van der Waals surface area contributed by atoms with E-state index in [0.717, 1.165) is 48.5 Å². The molecule has 1 unspecified atom stereocenters. The Morgan fingerprint density at radius 1 is 1.31 bits per heavy atom. The van der Waals surface area contributed by atoms with Crippen LogP contribution in [0, 0.1) is 5.92 Å². The molecule has 1 amide bonds. The average Bonchev–Trinajstić information content (AvgIpc) is 3.25. The summed E-state index contributed by atoms with van der Waals surface area (Å²) in [6, 6.07) is 5.10. The lowest BCUT2D eigenvalue weighted by Gasteiger charge is -2.07. The van der Waals surface area contributed by atoms with Gasteiger partial charge in [-0.2, -0.15) is 13.2 Å². The number of anilines is 1. The minimum Gasteiger partial charge on any atom is -0.316 e. The van der Waals surface area contributed by atoms with E-state index in [4.69, 9.17) is 0 Å². The van der Waals surface area contributed by atoms with Crippen LogP contribution in [0.25, 0.3) is 0 Å². The molecule has 0 bridgehead atoms. The normalized spacial score (nSPS) is 17.4. The van der Waals surface area contributed by atoms with Gasteiger partial charge in [-0.25, -0.2) is 4.98 Å². The molecule has 3 rings (SSSR count). The molecule has 2 N–H and O–H groups in total. The first-order valence-corrected chi connectivity index (χ1v) is 9.33. The van der Waals surface area contributed by atoms with Crippen molar-refractivity contribution in [2.75, 3.05) is 18.4 Å². The Balaban J connectivity index is 1.50. The van der Waals surface area contributed by atoms with Crippen LogP contribution in [0.2, 0.25) is 0 Å². The predicted molar refractivity (Wildman–Crippen MR) is 95.2 cm³/mol. The molecule has 8 heteroatoms. The topological polar surface area (TPSA) is 54.0 Å². The Morgan fingerprint density at radius 3 is 2.73 bits per heavy atom. The maximum atomic E-state index is 12.6. The van der Waals surface area contributed by atoms with Gasteiger partial charge in [0, 0.05) is 23.9 Å². The first kappa shape index (κ1) is 18.8. The number of benzene rings is 1. The predicted octanol–water partition coefficient (Wildman–Crippen LogP) is 4.08. The highest BCUT2D eigenvalue weighted by atomic mass is 32.1. The minimum atomic E-state index is -4.32. The summed E-state index contributed by atoms with van der Waals surface area (Å²) in [4.78, 5) is 17.1. The van der Waals surface area contributed by atoms with Gasteiger partial charge in [0.15, 0.2) is 5.13 Å². The van der Waals surface area contributed by atoms with Crippen LogP contribution in [-0.2, 0) is 17.4 Å². The van der Waals surface area contributed by atoms with Crippen molar-refractivity contribution in [3.05, 3.63) is 46.5 Å². The Labute approximate surface area is 153 Å². The number of rotatable bonds is 6. The highest BCUT2D eigenvalue weighted by Gasteiger charge is 2.29. The molecule has 1 fully saturated rings. The summed E-state index contributed by atoms with van der Waals surface area (Å²) >= 11 is 1.35. The number of amides is 1. The number of thiazole rings is 1. The zero-order valence-corrected chi connectivity index (χ0v) is 14.9. The van der Waals surface area contributed by atoms with Crippen LogP contribution in [0.15, 0.2) is 30.5 Å². The third-order valence-corrected chi connectivity index (χ3v) is 5.31. The summed E-state index contributed by atoms with van der Waals surface area (Å²) in [5.74, 6) is 0.514. The molecule has 140 valence electrons. The monoisotopic (exact) mass is 383 g/mol. The van der Waals surface area contributed by atoms with Gasteiger partial charge in [0.2, 0.25) is 5.91 Å². The van der Waals surface area contributed by atoms with Crippen molar-refractivity contribution in [2.24, 2.45) is 5.92 Å². The minimum absolute atomic E-state index is 0.0488. The average molecular weight is 383 g/mol. The van der Waals surface area contributed by atoms with Crippen molar-refractivity contribution >= 4 is 22.4 Å². The summed E-state index contributed by atoms with van der Waals surface area (Å²) in [5.41, 5.74) is 0.115. The fourth-order valence-corrected chi connectivity index (χ4v) is 3.80. The largest absolute Gasteiger partial charge is 0.416 e. The molecule has 4 nitrogen and oxygen atoms in total. The zero-order chi connectivity index (χ0) is 18.6. The molecule has 0 radical (unpaired) electrons. The number of nitrogens with one attached hydrogen (secondary N) is 2. The summed E-state index contributed by atoms with van der Waals surface area (Å²) in [6.45, 7) is 1.99. The van der Waals surface area contributed by atoms with Gasteiger partial charge in [-0.3, -0.25) is 4.79 Å². The van der Waals surface area contributed by atoms with Crippen molar-refractivity contribution in [1.29, 1.82) is 0 Å². The van der Waals surface area contributed by atoms with Gasteiger partial charge in [-0.05, 0) is 49.5 Å². The molecule has 1 atom stereocenters. The van der Waals surface area contributed by atoms with Gasteiger partial charge in [0.1, 0.15) is 0 Å². The lowest BCUT2D eigenvalue weighted by Crippen LogP contribution is -2.14. The van der Waals surface area contributed by atoms with E-state index in [2.05, 4.69) is 15.6 Å². The van der Waals surface area contributed by atoms with E-state index in [-0.39, 0.29) is 5.91 Å². The second-order valence-electron chi connectivity index (χ2n) is 6.45. The number of halogens is 3. The Kier molecular flexibility index (Phi) is 5.93. The van der Waals surface area contributed by atoms with E-state index in [1.54, 1.807) is 6.20 Å². The molecule has 26 heavy (non-hydrogen) atoms. The van der Waals surface area contributed by atoms with Crippen LogP contribution < -0.4 is 10.6 Å². The van der Waals surface area contributed by atoms with Gasteiger partial charge in [0.05, 0.1) is 5.56 Å². The van der Waals surface area contributed by atoms with Crippen LogP contribution >= 0.6 is 11.3 Å². The molecular formula is C18H20F3N3OS. The summed E-state index contributed by atoms with van der Waals surface area (Å²) in [5, 5.41) is 6.61. The number of carbonyl (C=O) groups is 1. The first-order valence-electron chi connectivity index (χ1n) is 8.51. The fourth-order valence-electron chi connectivity index (χ4n) is 2.94. The Hall–Kier alpha value is -1.93. The van der Waals surface area contributed by atoms with Crippen LogP contribution in [0.3, 0.4) is 0 Å². The Bertz CT molecular complexity index is 737. The zero-order valence-electron chi connectivity index (χ0n) is 14.1. The summed E-state index contributed by atoms with van der Waals surface area (Å²) in [7, 11) is 0. The third kappa shape index (κ3) is 5.28. The molecule has 1 aliphatic heterocycles. The number of nitrogens with zero attached hydrogens (tertiary/aromatic N) is 1. The van der Waals surface area contributed by atoms with Crippen molar-refractivity contribution < 1.29 is 18.0 Å². The number of hydrogen-bond donors (Lipinski definition) is 2. The number of alkyl halides is 3. The van der Waals surface area contributed by atoms with E-state index < -0.39 is 11.7 Å². The standard InChI is InChI=1S/C18H20F3N3OS/c19-18(20,21)14-4-1-12(2-5-14)9-15-11-23-17(26-15)24-16(25)6-3-13-7-8-22-10-13/h1-2,4-5,11,13,22H,3,6-10H2,(H,23,24,25). The van der Waals surface area contributed by atoms with E-state index in [1.807, 2.05) is 0 Å². The molecule has 1 aliphatic rings. The van der Waals surface area contributed by atoms with Gasteiger partial charge in [0.25, 0.3) is 0 Å². The van der Waals surface area contributed by atoms with Crippen molar-refractivity contribution in [2.45, 2.75) is 31.9 Å². The van der Waals surface area contributed by atoms with Gasteiger partial charge >= 0.3 is 6.18 Å². The summed E-state index contributed by atoms with van der Waals surface area (Å²) in [6.07, 6.45) is 0.262. The quantitative estimate of drug-likeness (QED) is 0.790. The summed E-state index contributed by atoms with van der Waals surface area (Å²) < 4.78 is 37.7. The smallest absolute Gasteiger partial charge is 0.316 e. The number of carbonyl (C=O) groups excluding carboxylic acids is 1. The van der Waals surface area contributed by atoms with Crippen molar-refractivity contribution in [1.82, 2.24) is 10.3 Å². The molecule has 1 aromatic carbocycles. The van der Waals surface area contributed by atoms with E-state index in [9.17, 15) is 18.0 Å². The molecule has 0 saturated carbocycles. The molecular weight excluding hydrogens is 363 g/mol. The van der Waals surface area contributed by atoms with Gasteiger partial charge < -0.3 is 10.6 Å². The van der Waals surface area contributed by atoms with Crippen LogP contribution in [0.4, 0.5) is 18.3 Å². The van der Waals surface area contributed by atoms with Gasteiger partial charge in [-0.1, -0.05) is 12.1 Å². The third-order valence-electron chi connectivity index (χ3n) is 4.40. The van der Waals surface area contributed by atoms with Crippen LogP contribution in [-0.4, -0.2) is 24.0 Å². The van der Waals surface area contributed by atoms with Crippen molar-refractivity contribution in [3.8, 4) is 0 Å². The SMILES string of the molecule is O=C(CCC1CCNC1)Nc1ncc(Cc2ccc(C(F)(F)F)cc2)s1. The highest BCUT2D eigenvalue weighted by molar-refractivity contribution is 7.15. The maximum Gasteiger partial charge on any atom is 0.416 e. The van der Waals surface area contributed by atoms with Crippen LogP contribution in [0.1, 0.15) is 35.3 Å². The van der Waals surface area contributed by atoms with E-state index >= 15 is 0 Å². The molecule has 2 heterocycles. The van der Waals surface area contributed by atoms with E-state index in [1.165, 1.54) is 23.5 Å². The van der Waals surface area contributed by atoms with Crippen LogP contribution in [0.5, 0.6) is 0 Å². The fraction of sp³-hybridized carbons (Fsp3) is 0.444. The van der Waals surface area contributed by atoms with Crippen molar-refractivity contribution in [3.63, 3.8) is 0 Å². The number of hydrogen-bond acceptors (Lipinski definition) is 4. The lowest BCUT2D eigenvalue weighted by atomic mass is 10.0. The maximum absolute atomic E-state index is 12.6. The van der Waals surface area contributed by atoms with E-state index in [0.29, 0.717) is 23.9 Å². The molecule has 0 aliphatic carbocycles. The second kappa shape index (κ2) is 8.18. The second-order valence-corrected chi connectivity index (χ2v) is 7.56. The molecule has 1 aromatic heterocycles. The Morgan fingerprint density at radius 2 is 2.08 bits per heavy atom. The molecule has 0 spiro atoms. The number of aromatic nitrogens is 1. The molecule has 2 aromatic rings. The first-order chi connectivity index (χ1) is 12.4. The highest BCUT2D eigenvalue weighted by Crippen LogP contribution is 2.30. The van der Waals surface area contributed by atoms with Gasteiger partial charge in [-0.15, -0.1) is 11.3 Å². The molecule has 1 saturated heterocycles.